The topological polar surface area (TPSA) is 24.1 Å². The van der Waals surface area contributed by atoms with E-state index in [1.807, 2.05) is 7.05 Å². The third-order valence-corrected chi connectivity index (χ3v) is 5.49. The predicted octanol–water partition coefficient (Wildman–Crippen LogP) is 4.52. The van der Waals surface area contributed by atoms with Gasteiger partial charge in [0.1, 0.15) is 7.28 Å². The Morgan fingerprint density at radius 3 is 2.43 bits per heavy atom. The zero-order valence-electron chi connectivity index (χ0n) is 16.0. The molecule has 0 amide bonds. The molecular formula is C20H38BN2. The summed E-state index contributed by atoms with van der Waals surface area (Å²) in [4.78, 5) is 0. The molecule has 1 aliphatic carbocycles. The van der Waals surface area contributed by atoms with Gasteiger partial charge in [0.15, 0.2) is 0 Å². The molecule has 0 bridgehead atoms. The van der Waals surface area contributed by atoms with Gasteiger partial charge in [-0.25, -0.2) is 0 Å². The number of hydrogen-bond acceptors (Lipinski definition) is 2. The summed E-state index contributed by atoms with van der Waals surface area (Å²) in [5, 5.41) is 6.99. The van der Waals surface area contributed by atoms with E-state index in [0.29, 0.717) is 17.4 Å². The summed E-state index contributed by atoms with van der Waals surface area (Å²) in [5.74, 6) is 1.15. The van der Waals surface area contributed by atoms with Crippen LogP contribution in [-0.4, -0.2) is 32.9 Å². The Kier molecular flexibility index (Phi) is 9.89. The van der Waals surface area contributed by atoms with Crippen LogP contribution in [-0.2, 0) is 0 Å². The van der Waals surface area contributed by atoms with Crippen LogP contribution in [0.1, 0.15) is 64.7 Å². The van der Waals surface area contributed by atoms with Crippen LogP contribution < -0.4 is 10.6 Å². The third kappa shape index (κ3) is 7.72. The van der Waals surface area contributed by atoms with Crippen LogP contribution in [0.25, 0.3) is 0 Å². The highest BCUT2D eigenvalue weighted by Crippen LogP contribution is 2.31. The average molecular weight is 317 g/mol. The van der Waals surface area contributed by atoms with Gasteiger partial charge in [0.2, 0.25) is 0 Å². The van der Waals surface area contributed by atoms with Crippen LogP contribution in [0.4, 0.5) is 0 Å². The molecule has 1 saturated carbocycles. The lowest BCUT2D eigenvalue weighted by Gasteiger charge is -2.36. The number of rotatable bonds is 11. The van der Waals surface area contributed by atoms with Crippen LogP contribution in [0.15, 0.2) is 24.3 Å². The Bertz CT molecular complexity index is 355. The first kappa shape index (κ1) is 20.5. The number of allylic oxidation sites excluding steroid dienone is 2. The molecular weight excluding hydrogens is 279 g/mol. The van der Waals surface area contributed by atoms with Crippen LogP contribution in [0.5, 0.6) is 0 Å². The molecule has 0 aromatic heterocycles. The van der Waals surface area contributed by atoms with E-state index in [2.05, 4.69) is 57.4 Å². The van der Waals surface area contributed by atoms with Crippen molar-refractivity contribution >= 4 is 7.28 Å². The molecule has 2 atom stereocenters. The molecule has 2 N–H and O–H groups in total. The SMILES string of the molecule is C=C(C)CC(/C=C/CC1(NC)CCCCC1)CCC([B]C)NC. The van der Waals surface area contributed by atoms with E-state index in [0.717, 1.165) is 6.42 Å². The highest BCUT2D eigenvalue weighted by atomic mass is 14.9. The lowest BCUT2D eigenvalue weighted by molar-refractivity contribution is 0.248. The highest BCUT2D eigenvalue weighted by Gasteiger charge is 2.28. The average Bonchev–Trinajstić information content (AvgIpc) is 2.56. The van der Waals surface area contributed by atoms with Crippen molar-refractivity contribution in [3.63, 3.8) is 0 Å². The molecule has 0 saturated heterocycles. The first-order valence-electron chi connectivity index (χ1n) is 9.52. The molecule has 0 aromatic rings. The van der Waals surface area contributed by atoms with E-state index in [9.17, 15) is 0 Å². The van der Waals surface area contributed by atoms with Crippen molar-refractivity contribution in [2.75, 3.05) is 14.1 Å². The molecule has 0 spiro atoms. The van der Waals surface area contributed by atoms with E-state index in [4.69, 9.17) is 0 Å². The molecule has 0 aromatic carbocycles. The van der Waals surface area contributed by atoms with Crippen molar-refractivity contribution in [1.29, 1.82) is 0 Å². The fraction of sp³-hybridized carbons (Fsp3) is 0.800. The second-order valence-electron chi connectivity index (χ2n) is 7.45. The molecule has 3 heteroatoms. The van der Waals surface area contributed by atoms with Crippen LogP contribution in [0.3, 0.4) is 0 Å². The Balaban J connectivity index is 2.55. The summed E-state index contributed by atoms with van der Waals surface area (Å²) in [6.07, 6.45) is 16.4. The number of nitrogens with one attached hydrogen (secondary N) is 2. The van der Waals surface area contributed by atoms with Gasteiger partial charge in [-0.2, -0.15) is 0 Å². The first-order valence-corrected chi connectivity index (χ1v) is 9.52. The zero-order chi connectivity index (χ0) is 17.1. The van der Waals surface area contributed by atoms with Gasteiger partial charge >= 0.3 is 0 Å². The summed E-state index contributed by atoms with van der Waals surface area (Å²) >= 11 is 0. The quantitative estimate of drug-likeness (QED) is 0.432. The largest absolute Gasteiger partial charge is 0.325 e. The molecule has 1 aliphatic rings. The molecule has 131 valence electrons. The van der Waals surface area contributed by atoms with Crippen LogP contribution in [0.2, 0.25) is 6.82 Å². The predicted molar refractivity (Wildman–Crippen MR) is 105 cm³/mol. The van der Waals surface area contributed by atoms with E-state index in [1.54, 1.807) is 0 Å². The molecule has 23 heavy (non-hydrogen) atoms. The van der Waals surface area contributed by atoms with Crippen molar-refractivity contribution < 1.29 is 0 Å². The summed E-state index contributed by atoms with van der Waals surface area (Å²) in [6, 6.07) is 0. The molecule has 2 nitrogen and oxygen atoms in total. The highest BCUT2D eigenvalue weighted by molar-refractivity contribution is 6.35. The lowest BCUT2D eigenvalue weighted by atomic mass is 9.69. The summed E-state index contributed by atoms with van der Waals surface area (Å²) in [5.41, 5.74) is 1.65. The lowest BCUT2D eigenvalue weighted by Crippen LogP contribution is -2.44. The smallest absolute Gasteiger partial charge is 0.129 e. The maximum Gasteiger partial charge on any atom is 0.129 e. The van der Waals surface area contributed by atoms with Gasteiger partial charge in [-0.1, -0.05) is 43.8 Å². The standard InChI is InChI=1S/C20H38BN2/c1-17(2)16-18(11-12-19(21-3)22-4)10-9-15-20(23-5)13-7-6-8-14-20/h9-10,18-19,22-23H,1,6-8,11-16H2,2-5H3/b10-9+. The second kappa shape index (κ2) is 11.1. The minimum absolute atomic E-state index is 0.354. The maximum atomic E-state index is 4.12. The van der Waals surface area contributed by atoms with Gasteiger partial charge in [0.05, 0.1) is 0 Å². The zero-order valence-corrected chi connectivity index (χ0v) is 16.0. The first-order chi connectivity index (χ1) is 11.0. The van der Waals surface area contributed by atoms with Crippen LogP contribution >= 0.6 is 0 Å². The van der Waals surface area contributed by atoms with Crippen LogP contribution in [0, 0.1) is 5.92 Å². The molecule has 0 heterocycles. The van der Waals surface area contributed by atoms with Gasteiger partial charge in [-0.3, -0.25) is 0 Å². The van der Waals surface area contributed by atoms with Gasteiger partial charge < -0.3 is 10.6 Å². The molecule has 1 radical (unpaired) electrons. The normalized spacial score (nSPS) is 20.3. The van der Waals surface area contributed by atoms with Crippen molar-refractivity contribution in [2.45, 2.75) is 83.0 Å². The summed E-state index contributed by atoms with van der Waals surface area (Å²) in [6.45, 7) is 8.42. The van der Waals surface area contributed by atoms with E-state index in [1.165, 1.54) is 56.9 Å². The van der Waals surface area contributed by atoms with Crippen molar-refractivity contribution in [1.82, 2.24) is 10.6 Å². The fourth-order valence-electron chi connectivity index (χ4n) is 3.86. The van der Waals surface area contributed by atoms with Gasteiger partial charge in [-0.15, -0.1) is 6.58 Å². The Hall–Kier alpha value is -0.535. The molecule has 1 rings (SSSR count). The minimum atomic E-state index is 0.354. The molecule has 2 unspecified atom stereocenters. The Morgan fingerprint density at radius 1 is 1.22 bits per heavy atom. The van der Waals surface area contributed by atoms with Crippen molar-refractivity contribution in [2.24, 2.45) is 5.92 Å². The van der Waals surface area contributed by atoms with Gasteiger partial charge in [0, 0.05) is 5.54 Å². The van der Waals surface area contributed by atoms with Gasteiger partial charge in [0.25, 0.3) is 0 Å². The molecule has 0 aliphatic heterocycles. The Morgan fingerprint density at radius 2 is 1.91 bits per heavy atom. The third-order valence-electron chi connectivity index (χ3n) is 5.49. The monoisotopic (exact) mass is 317 g/mol. The summed E-state index contributed by atoms with van der Waals surface area (Å²) < 4.78 is 0. The maximum absolute atomic E-state index is 4.12. The number of hydrogen-bond donors (Lipinski definition) is 2. The molecule has 1 fully saturated rings. The van der Waals surface area contributed by atoms with E-state index in [-0.39, 0.29) is 0 Å². The summed E-state index contributed by atoms with van der Waals surface area (Å²) in [7, 11) is 6.45. The van der Waals surface area contributed by atoms with E-state index >= 15 is 0 Å². The second-order valence-corrected chi connectivity index (χ2v) is 7.45. The Labute approximate surface area is 145 Å². The minimum Gasteiger partial charge on any atom is -0.325 e. The van der Waals surface area contributed by atoms with Crippen molar-refractivity contribution in [3.05, 3.63) is 24.3 Å². The van der Waals surface area contributed by atoms with Gasteiger partial charge in [-0.05, 0) is 71.4 Å². The fourth-order valence-corrected chi connectivity index (χ4v) is 3.86. The van der Waals surface area contributed by atoms with Crippen molar-refractivity contribution in [3.8, 4) is 0 Å². The van der Waals surface area contributed by atoms with E-state index < -0.39 is 0 Å².